The van der Waals surface area contributed by atoms with Crippen LogP contribution < -0.4 is 14.8 Å². The van der Waals surface area contributed by atoms with Crippen molar-refractivity contribution in [2.24, 2.45) is 0 Å². The molecule has 0 unspecified atom stereocenters. The van der Waals surface area contributed by atoms with E-state index in [0.717, 1.165) is 49.8 Å². The minimum Gasteiger partial charge on any atom is -0.454 e. The Balaban J connectivity index is 1.18. The van der Waals surface area contributed by atoms with Crippen molar-refractivity contribution in [2.75, 3.05) is 39.5 Å². The molecule has 3 aromatic carbocycles. The van der Waals surface area contributed by atoms with Crippen LogP contribution in [0.5, 0.6) is 11.5 Å². The Bertz CT molecular complexity index is 1230. The van der Waals surface area contributed by atoms with Gasteiger partial charge in [0.05, 0.1) is 12.1 Å². The van der Waals surface area contributed by atoms with Crippen molar-refractivity contribution < 1.29 is 19.4 Å². The molecule has 2 aliphatic heterocycles. The van der Waals surface area contributed by atoms with Crippen LogP contribution in [0.25, 0.3) is 0 Å². The Hall–Kier alpha value is -2.81. The lowest BCUT2D eigenvalue weighted by Gasteiger charge is -2.37. The zero-order chi connectivity index (χ0) is 26.5. The molecule has 5 rings (SSSR count). The summed E-state index contributed by atoms with van der Waals surface area (Å²) in [5.74, 6) is 1.28. The first-order chi connectivity index (χ1) is 18.4. The van der Waals surface area contributed by atoms with Gasteiger partial charge in [-0.05, 0) is 47.9 Å². The number of amides is 1. The van der Waals surface area contributed by atoms with Gasteiger partial charge in [0.15, 0.2) is 11.5 Å². The fraction of sp³-hybridized carbons (Fsp3) is 0.345. The fourth-order valence-electron chi connectivity index (χ4n) is 4.91. The summed E-state index contributed by atoms with van der Waals surface area (Å²) in [4.78, 5) is 17.7. The third-order valence-electron chi connectivity index (χ3n) is 6.96. The number of aliphatic hydroxyl groups is 1. The molecule has 0 aromatic heterocycles. The van der Waals surface area contributed by atoms with Gasteiger partial charge in [-0.1, -0.05) is 59.6 Å². The van der Waals surface area contributed by atoms with Gasteiger partial charge in [0.25, 0.3) is 5.91 Å². The number of carbonyl (C=O) groups is 1. The molecule has 9 heteroatoms. The zero-order valence-corrected chi connectivity index (χ0v) is 22.5. The van der Waals surface area contributed by atoms with Gasteiger partial charge in [-0.25, -0.2) is 0 Å². The highest BCUT2D eigenvalue weighted by Gasteiger charge is 2.27. The molecule has 2 heterocycles. The normalized spacial score (nSPS) is 17.2. The molecule has 2 aliphatic rings. The van der Waals surface area contributed by atoms with Crippen LogP contribution in [0.2, 0.25) is 10.0 Å². The molecule has 0 saturated carbocycles. The van der Waals surface area contributed by atoms with Gasteiger partial charge < -0.3 is 19.9 Å². The average Bonchev–Trinajstić information content (AvgIpc) is 3.37. The molecular formula is C29H31Cl2N3O4. The summed E-state index contributed by atoms with van der Waals surface area (Å²) < 4.78 is 10.9. The third kappa shape index (κ3) is 6.98. The maximum atomic E-state index is 13.1. The predicted octanol–water partition coefficient (Wildman–Crippen LogP) is 4.24. The fourth-order valence-corrected chi connectivity index (χ4v) is 5.43. The van der Waals surface area contributed by atoms with Crippen molar-refractivity contribution in [3.63, 3.8) is 0 Å². The Morgan fingerprint density at radius 2 is 1.55 bits per heavy atom. The topological polar surface area (TPSA) is 74.3 Å². The van der Waals surface area contributed by atoms with Crippen molar-refractivity contribution in [1.29, 1.82) is 0 Å². The second kappa shape index (κ2) is 12.4. The molecule has 3 aromatic rings. The number of ether oxygens (including phenoxy) is 2. The summed E-state index contributed by atoms with van der Waals surface area (Å²) in [6, 6.07) is 20.2. The van der Waals surface area contributed by atoms with Crippen molar-refractivity contribution >= 4 is 29.1 Å². The quantitative estimate of drug-likeness (QED) is 0.411. The van der Waals surface area contributed by atoms with E-state index in [4.69, 9.17) is 32.7 Å². The van der Waals surface area contributed by atoms with E-state index in [1.165, 1.54) is 5.56 Å². The standard InChI is InChI=1S/C29H31Cl2N3O4/c30-23-14-22(15-24(31)16-23)29(36)32-25(12-20-4-2-1-3-5-20)26(35)18-34-10-8-33(9-11-34)17-21-6-7-27-28(13-21)38-19-37-27/h1-7,13-16,25-26,35H,8-12,17-19H2,(H,32,36)/t25-,26+/m0/s1. The van der Waals surface area contributed by atoms with E-state index in [1.54, 1.807) is 18.2 Å². The number of nitrogens with zero attached hydrogens (tertiary/aromatic N) is 2. The lowest BCUT2D eigenvalue weighted by Crippen LogP contribution is -2.53. The number of hydrogen-bond acceptors (Lipinski definition) is 6. The van der Waals surface area contributed by atoms with Crippen LogP contribution in [0, 0.1) is 0 Å². The average molecular weight is 556 g/mol. The summed E-state index contributed by atoms with van der Waals surface area (Å²) in [6.07, 6.45) is -0.249. The molecule has 1 saturated heterocycles. The number of halogens is 2. The van der Waals surface area contributed by atoms with Crippen molar-refractivity contribution in [3.8, 4) is 11.5 Å². The van der Waals surface area contributed by atoms with Crippen molar-refractivity contribution in [1.82, 2.24) is 15.1 Å². The Morgan fingerprint density at radius 1 is 0.868 bits per heavy atom. The summed E-state index contributed by atoms with van der Waals surface area (Å²) in [7, 11) is 0. The maximum absolute atomic E-state index is 13.1. The maximum Gasteiger partial charge on any atom is 0.251 e. The molecule has 0 bridgehead atoms. The number of nitrogens with one attached hydrogen (secondary N) is 1. The monoisotopic (exact) mass is 555 g/mol. The van der Waals surface area contributed by atoms with E-state index < -0.39 is 12.1 Å². The Labute approximate surface area is 232 Å². The van der Waals surface area contributed by atoms with E-state index in [0.29, 0.717) is 28.6 Å². The number of benzene rings is 3. The summed E-state index contributed by atoms with van der Waals surface area (Å²) in [6.45, 7) is 5.01. The van der Waals surface area contributed by atoms with Crippen LogP contribution in [0.1, 0.15) is 21.5 Å². The molecule has 7 nitrogen and oxygen atoms in total. The van der Waals surface area contributed by atoms with Gasteiger partial charge in [-0.15, -0.1) is 0 Å². The van der Waals surface area contributed by atoms with Crippen LogP contribution in [0.4, 0.5) is 0 Å². The number of hydrogen-bond donors (Lipinski definition) is 2. The molecule has 1 amide bonds. The highest BCUT2D eigenvalue weighted by atomic mass is 35.5. The Morgan fingerprint density at radius 3 is 2.29 bits per heavy atom. The summed E-state index contributed by atoms with van der Waals surface area (Å²) >= 11 is 12.2. The van der Waals surface area contributed by atoms with Gasteiger partial charge in [-0.2, -0.15) is 0 Å². The van der Waals surface area contributed by atoms with Crippen LogP contribution in [0.15, 0.2) is 66.7 Å². The number of piperazine rings is 1. The first kappa shape index (κ1) is 26.8. The summed E-state index contributed by atoms with van der Waals surface area (Å²) in [5, 5.41) is 15.1. The first-order valence-electron chi connectivity index (χ1n) is 12.7. The van der Waals surface area contributed by atoms with Gasteiger partial charge in [-0.3, -0.25) is 14.6 Å². The second-order valence-electron chi connectivity index (χ2n) is 9.76. The van der Waals surface area contributed by atoms with Crippen LogP contribution >= 0.6 is 23.2 Å². The van der Waals surface area contributed by atoms with E-state index in [1.807, 2.05) is 42.5 Å². The van der Waals surface area contributed by atoms with E-state index in [9.17, 15) is 9.90 Å². The van der Waals surface area contributed by atoms with E-state index >= 15 is 0 Å². The third-order valence-corrected chi connectivity index (χ3v) is 7.39. The van der Waals surface area contributed by atoms with E-state index in [-0.39, 0.29) is 12.7 Å². The second-order valence-corrected chi connectivity index (χ2v) is 10.6. The smallest absolute Gasteiger partial charge is 0.251 e. The highest BCUT2D eigenvalue weighted by Crippen LogP contribution is 2.33. The molecule has 200 valence electrons. The number of β-amino-alcohol motifs (C(OH)–C–C–N with tert-alkyl or cyclic N) is 1. The first-order valence-corrected chi connectivity index (χ1v) is 13.5. The lowest BCUT2D eigenvalue weighted by atomic mass is 10.00. The molecular weight excluding hydrogens is 525 g/mol. The lowest BCUT2D eigenvalue weighted by molar-refractivity contribution is 0.0477. The van der Waals surface area contributed by atoms with E-state index in [2.05, 4.69) is 21.2 Å². The van der Waals surface area contributed by atoms with Crippen molar-refractivity contribution in [2.45, 2.75) is 25.1 Å². The number of rotatable bonds is 9. The molecule has 2 N–H and O–H groups in total. The minimum absolute atomic E-state index is 0.276. The molecule has 1 fully saturated rings. The molecule has 0 aliphatic carbocycles. The van der Waals surface area contributed by atoms with Crippen LogP contribution in [0.3, 0.4) is 0 Å². The molecule has 38 heavy (non-hydrogen) atoms. The largest absolute Gasteiger partial charge is 0.454 e. The number of aliphatic hydroxyl groups excluding tert-OH is 1. The molecule has 0 radical (unpaired) electrons. The SMILES string of the molecule is O=C(N[C@@H](Cc1ccccc1)[C@H](O)CN1CCN(Cc2ccc3c(c2)OCO3)CC1)c1cc(Cl)cc(Cl)c1. The molecule has 0 spiro atoms. The van der Waals surface area contributed by atoms with Gasteiger partial charge in [0.1, 0.15) is 0 Å². The Kier molecular flexibility index (Phi) is 8.72. The van der Waals surface area contributed by atoms with Crippen LogP contribution in [-0.2, 0) is 13.0 Å². The van der Waals surface area contributed by atoms with Crippen molar-refractivity contribution in [3.05, 3.63) is 93.5 Å². The summed E-state index contributed by atoms with van der Waals surface area (Å²) in [5.41, 5.74) is 2.59. The molecule has 2 atom stereocenters. The predicted molar refractivity (Wildman–Crippen MR) is 148 cm³/mol. The van der Waals surface area contributed by atoms with Crippen LogP contribution in [-0.4, -0.2) is 72.5 Å². The minimum atomic E-state index is -0.755. The number of fused-ring (bicyclic) bond motifs is 1. The highest BCUT2D eigenvalue weighted by molar-refractivity contribution is 6.35. The van der Waals surface area contributed by atoms with Gasteiger partial charge in [0.2, 0.25) is 6.79 Å². The zero-order valence-electron chi connectivity index (χ0n) is 21.0. The van der Waals surface area contributed by atoms with Gasteiger partial charge >= 0.3 is 0 Å². The van der Waals surface area contributed by atoms with Gasteiger partial charge in [0, 0.05) is 54.9 Å². The number of carbonyl (C=O) groups excluding carboxylic acids is 1.